The number of phenolic OH excluding ortho intramolecular Hbond substituents is 1. The van der Waals surface area contributed by atoms with Crippen LogP contribution in [0.4, 0.5) is 0 Å². The van der Waals surface area contributed by atoms with Crippen molar-refractivity contribution in [2.45, 2.75) is 12.0 Å². The van der Waals surface area contributed by atoms with Crippen LogP contribution in [0.25, 0.3) is 11.1 Å². The number of likely N-dealkylation sites (tertiary alicyclic amines) is 1. The molecule has 6 heteroatoms. The van der Waals surface area contributed by atoms with E-state index >= 15 is 0 Å². The molecule has 27 heavy (non-hydrogen) atoms. The van der Waals surface area contributed by atoms with E-state index in [0.29, 0.717) is 37.4 Å². The number of likely N-dealkylation sites (N-methyl/N-ethyl adjacent to an activating group) is 1. The van der Waals surface area contributed by atoms with Gasteiger partial charge < -0.3 is 24.7 Å². The maximum Gasteiger partial charge on any atom is 0.253 e. The lowest BCUT2D eigenvalue weighted by Gasteiger charge is -2.26. The van der Waals surface area contributed by atoms with Gasteiger partial charge in [-0.25, -0.2) is 0 Å². The van der Waals surface area contributed by atoms with Gasteiger partial charge >= 0.3 is 0 Å². The van der Waals surface area contributed by atoms with Gasteiger partial charge in [0.05, 0.1) is 19.3 Å². The highest BCUT2D eigenvalue weighted by atomic mass is 16.5. The Morgan fingerprint density at radius 3 is 2.48 bits per heavy atom. The highest BCUT2D eigenvalue weighted by Gasteiger charge is 2.38. The van der Waals surface area contributed by atoms with Crippen LogP contribution in [-0.2, 0) is 0 Å². The zero-order valence-electron chi connectivity index (χ0n) is 16.0. The SMILES string of the molecule is COc1cc(-c2ccc(C(=O)N3CC[C@@](O)(CN(C)C)C3)cc2)ccc1O. The molecule has 0 radical (unpaired) electrons. The van der Waals surface area contributed by atoms with Crippen LogP contribution in [0.1, 0.15) is 16.8 Å². The third kappa shape index (κ3) is 4.23. The summed E-state index contributed by atoms with van der Waals surface area (Å²) >= 11 is 0. The predicted molar refractivity (Wildman–Crippen MR) is 104 cm³/mol. The van der Waals surface area contributed by atoms with Crippen molar-refractivity contribution in [2.24, 2.45) is 0 Å². The summed E-state index contributed by atoms with van der Waals surface area (Å²) in [5.41, 5.74) is 1.57. The smallest absolute Gasteiger partial charge is 0.253 e. The summed E-state index contributed by atoms with van der Waals surface area (Å²) in [6, 6.07) is 12.5. The summed E-state index contributed by atoms with van der Waals surface area (Å²) < 4.78 is 5.15. The van der Waals surface area contributed by atoms with Crippen LogP contribution < -0.4 is 4.74 Å². The maximum absolute atomic E-state index is 12.8. The van der Waals surface area contributed by atoms with Crippen molar-refractivity contribution in [3.63, 3.8) is 0 Å². The van der Waals surface area contributed by atoms with Crippen LogP contribution in [0.3, 0.4) is 0 Å². The van der Waals surface area contributed by atoms with Crippen LogP contribution in [0.2, 0.25) is 0 Å². The fraction of sp³-hybridized carbons (Fsp3) is 0.381. The number of nitrogens with zero attached hydrogens (tertiary/aromatic N) is 2. The highest BCUT2D eigenvalue weighted by Crippen LogP contribution is 2.31. The number of rotatable bonds is 5. The molecule has 1 fully saturated rings. The van der Waals surface area contributed by atoms with E-state index in [1.807, 2.05) is 31.1 Å². The monoisotopic (exact) mass is 370 g/mol. The third-order valence-corrected chi connectivity index (χ3v) is 4.87. The number of carbonyl (C=O) groups is 1. The number of phenols is 1. The quantitative estimate of drug-likeness (QED) is 0.844. The van der Waals surface area contributed by atoms with Crippen molar-refractivity contribution in [3.05, 3.63) is 48.0 Å². The highest BCUT2D eigenvalue weighted by molar-refractivity contribution is 5.95. The van der Waals surface area contributed by atoms with Gasteiger partial charge in [-0.2, -0.15) is 0 Å². The molecule has 0 spiro atoms. The minimum absolute atomic E-state index is 0.0699. The molecular formula is C21H26N2O4. The van der Waals surface area contributed by atoms with Crippen molar-refractivity contribution in [1.82, 2.24) is 9.80 Å². The van der Waals surface area contributed by atoms with Gasteiger partial charge in [0.1, 0.15) is 0 Å². The van der Waals surface area contributed by atoms with Crippen LogP contribution in [-0.4, -0.2) is 72.4 Å². The molecule has 1 heterocycles. The molecule has 1 aliphatic heterocycles. The number of ether oxygens (including phenoxy) is 1. The lowest BCUT2D eigenvalue weighted by atomic mass is 10.0. The van der Waals surface area contributed by atoms with Crippen molar-refractivity contribution >= 4 is 5.91 Å². The number of methoxy groups -OCH3 is 1. The zero-order valence-corrected chi connectivity index (χ0v) is 16.0. The third-order valence-electron chi connectivity index (χ3n) is 4.87. The number of amides is 1. The molecule has 1 aliphatic rings. The second kappa shape index (κ2) is 7.58. The van der Waals surface area contributed by atoms with Gasteiger partial charge in [0.2, 0.25) is 0 Å². The number of hydrogen-bond donors (Lipinski definition) is 2. The van der Waals surface area contributed by atoms with E-state index in [9.17, 15) is 15.0 Å². The van der Waals surface area contributed by atoms with E-state index in [1.165, 1.54) is 7.11 Å². The summed E-state index contributed by atoms with van der Waals surface area (Å²) in [4.78, 5) is 16.4. The van der Waals surface area contributed by atoms with Gasteiger partial charge in [0, 0.05) is 18.7 Å². The molecule has 2 N–H and O–H groups in total. The second-order valence-corrected chi connectivity index (χ2v) is 7.40. The van der Waals surface area contributed by atoms with Crippen LogP contribution in [0.5, 0.6) is 11.5 Å². The Balaban J connectivity index is 1.73. The van der Waals surface area contributed by atoms with Gasteiger partial charge in [-0.15, -0.1) is 0 Å². The largest absolute Gasteiger partial charge is 0.504 e. The Hall–Kier alpha value is -2.57. The molecule has 6 nitrogen and oxygen atoms in total. The Labute approximate surface area is 159 Å². The van der Waals surface area contributed by atoms with Crippen molar-refractivity contribution in [2.75, 3.05) is 40.8 Å². The molecule has 0 unspecified atom stereocenters. The minimum atomic E-state index is -0.846. The summed E-state index contributed by atoms with van der Waals surface area (Å²) in [5, 5.41) is 20.3. The van der Waals surface area contributed by atoms with Crippen LogP contribution in [0, 0.1) is 0 Å². The average Bonchev–Trinajstić information content (AvgIpc) is 3.02. The van der Waals surface area contributed by atoms with Crippen molar-refractivity contribution in [3.8, 4) is 22.6 Å². The molecule has 144 valence electrons. The van der Waals surface area contributed by atoms with E-state index in [2.05, 4.69) is 0 Å². The standard InChI is InChI=1S/C21H26N2O4/c1-22(2)13-21(26)10-11-23(14-21)20(25)16-6-4-15(5-7-16)17-8-9-18(24)19(12-17)27-3/h4-9,12,24,26H,10-11,13-14H2,1-3H3/t21-/m1/s1. The number of hydrogen-bond acceptors (Lipinski definition) is 5. The number of benzene rings is 2. The second-order valence-electron chi connectivity index (χ2n) is 7.40. The van der Waals surface area contributed by atoms with Crippen molar-refractivity contribution in [1.29, 1.82) is 0 Å². The molecule has 0 aliphatic carbocycles. The first-order valence-electron chi connectivity index (χ1n) is 8.95. The molecule has 0 aromatic heterocycles. The molecule has 1 amide bonds. The first kappa shape index (κ1) is 19.2. The van der Waals surface area contributed by atoms with Gasteiger partial charge in [-0.1, -0.05) is 18.2 Å². The molecule has 3 rings (SSSR count). The Morgan fingerprint density at radius 1 is 1.19 bits per heavy atom. The minimum Gasteiger partial charge on any atom is -0.504 e. The fourth-order valence-electron chi connectivity index (χ4n) is 3.59. The lowest BCUT2D eigenvalue weighted by molar-refractivity contribution is 0.0236. The summed E-state index contributed by atoms with van der Waals surface area (Å²) in [7, 11) is 5.34. The number of aromatic hydroxyl groups is 1. The van der Waals surface area contributed by atoms with Crippen LogP contribution in [0.15, 0.2) is 42.5 Å². The number of β-amino-alcohol motifs (C(OH)–C–C–N with tert-alkyl or cyclic N) is 1. The molecule has 2 aromatic carbocycles. The van der Waals surface area contributed by atoms with E-state index in [0.717, 1.165) is 11.1 Å². The Morgan fingerprint density at radius 2 is 1.85 bits per heavy atom. The number of carbonyl (C=O) groups excluding carboxylic acids is 1. The Kier molecular flexibility index (Phi) is 5.39. The molecule has 1 saturated heterocycles. The van der Waals surface area contributed by atoms with E-state index in [-0.39, 0.29) is 11.7 Å². The molecule has 2 aromatic rings. The van der Waals surface area contributed by atoms with Gasteiger partial charge in [0.25, 0.3) is 5.91 Å². The van der Waals surface area contributed by atoms with Crippen molar-refractivity contribution < 1.29 is 19.7 Å². The average molecular weight is 370 g/mol. The maximum atomic E-state index is 12.8. The van der Waals surface area contributed by atoms with E-state index in [4.69, 9.17) is 4.74 Å². The molecule has 0 bridgehead atoms. The summed E-state index contributed by atoms with van der Waals surface area (Å²) in [6.07, 6.45) is 0.586. The first-order chi connectivity index (χ1) is 12.8. The zero-order chi connectivity index (χ0) is 19.6. The normalized spacial score (nSPS) is 19.5. The van der Waals surface area contributed by atoms with Crippen LogP contribution >= 0.6 is 0 Å². The number of aliphatic hydroxyl groups is 1. The van der Waals surface area contributed by atoms with E-state index < -0.39 is 5.60 Å². The predicted octanol–water partition coefficient (Wildman–Crippen LogP) is 2.21. The topological polar surface area (TPSA) is 73.2 Å². The lowest BCUT2D eigenvalue weighted by Crippen LogP contribution is -2.43. The molecule has 0 saturated carbocycles. The van der Waals surface area contributed by atoms with Gasteiger partial charge in [-0.05, 0) is 55.9 Å². The summed E-state index contributed by atoms with van der Waals surface area (Å²) in [5.74, 6) is 0.428. The Bertz CT molecular complexity index is 819. The molecular weight excluding hydrogens is 344 g/mol. The van der Waals surface area contributed by atoms with Gasteiger partial charge in [0.15, 0.2) is 11.5 Å². The molecule has 1 atom stereocenters. The van der Waals surface area contributed by atoms with Gasteiger partial charge in [-0.3, -0.25) is 4.79 Å². The fourth-order valence-corrected chi connectivity index (χ4v) is 3.59. The summed E-state index contributed by atoms with van der Waals surface area (Å²) in [6.45, 7) is 1.44. The van der Waals surface area contributed by atoms with E-state index in [1.54, 1.807) is 35.2 Å². The first-order valence-corrected chi connectivity index (χ1v) is 8.95.